The van der Waals surface area contributed by atoms with Crippen LogP contribution >= 0.6 is 0 Å². The average Bonchev–Trinajstić information content (AvgIpc) is 3.03. The van der Waals surface area contributed by atoms with Gasteiger partial charge in [-0.2, -0.15) is 0 Å². The second-order valence-electron chi connectivity index (χ2n) is 4.13. The number of fused-ring (bicyclic) bond motifs is 1. The largest absolute Gasteiger partial charge is 0.466 e. The number of amides is 1. The SMILES string of the molecule is CCOC(=O)[C@H]1[C@@H]2C=CCN(C(=O)OCC)[C@@H]21. The molecule has 1 amide bonds. The van der Waals surface area contributed by atoms with Gasteiger partial charge >= 0.3 is 12.1 Å². The molecule has 2 aliphatic rings. The summed E-state index contributed by atoms with van der Waals surface area (Å²) in [6.45, 7) is 4.78. The van der Waals surface area contributed by atoms with Crippen molar-refractivity contribution in [3.8, 4) is 0 Å². The van der Waals surface area contributed by atoms with E-state index >= 15 is 0 Å². The second kappa shape index (κ2) is 4.77. The average molecular weight is 239 g/mol. The van der Waals surface area contributed by atoms with Crippen molar-refractivity contribution in [1.29, 1.82) is 0 Å². The summed E-state index contributed by atoms with van der Waals surface area (Å²) in [5, 5.41) is 0. The molecule has 0 aromatic rings. The standard InChI is InChI=1S/C12H17NO4/c1-3-16-11(14)9-8-6-5-7-13(10(8)9)12(15)17-4-2/h5-6,8-10H,3-4,7H2,1-2H3/t8-,9-,10-/m0/s1. The molecule has 1 saturated carbocycles. The molecule has 0 N–H and O–H groups in total. The van der Waals surface area contributed by atoms with E-state index in [1.807, 2.05) is 12.2 Å². The van der Waals surface area contributed by atoms with E-state index in [0.29, 0.717) is 19.8 Å². The molecule has 1 aliphatic heterocycles. The quantitative estimate of drug-likeness (QED) is 0.548. The van der Waals surface area contributed by atoms with Gasteiger partial charge < -0.3 is 14.4 Å². The topological polar surface area (TPSA) is 55.8 Å². The summed E-state index contributed by atoms with van der Waals surface area (Å²) in [4.78, 5) is 24.9. The molecule has 0 bridgehead atoms. The molecular formula is C12H17NO4. The van der Waals surface area contributed by atoms with E-state index in [1.165, 1.54) is 0 Å². The zero-order chi connectivity index (χ0) is 12.4. The lowest BCUT2D eigenvalue weighted by Crippen LogP contribution is -2.37. The van der Waals surface area contributed by atoms with Crippen LogP contribution < -0.4 is 0 Å². The van der Waals surface area contributed by atoms with Crippen molar-refractivity contribution >= 4 is 12.1 Å². The molecule has 1 aliphatic carbocycles. The van der Waals surface area contributed by atoms with Gasteiger partial charge in [0.05, 0.1) is 25.2 Å². The van der Waals surface area contributed by atoms with E-state index in [4.69, 9.17) is 9.47 Å². The maximum Gasteiger partial charge on any atom is 0.410 e. The molecule has 17 heavy (non-hydrogen) atoms. The van der Waals surface area contributed by atoms with Crippen LogP contribution in [0.1, 0.15) is 13.8 Å². The molecule has 0 spiro atoms. The zero-order valence-electron chi connectivity index (χ0n) is 10.1. The fraction of sp³-hybridized carbons (Fsp3) is 0.667. The Hall–Kier alpha value is -1.52. The molecule has 0 aromatic heterocycles. The number of hydrogen-bond acceptors (Lipinski definition) is 4. The second-order valence-corrected chi connectivity index (χ2v) is 4.13. The molecule has 94 valence electrons. The summed E-state index contributed by atoms with van der Waals surface area (Å²) in [6, 6.07) is -0.0712. The van der Waals surface area contributed by atoms with Gasteiger partial charge in [-0.1, -0.05) is 12.2 Å². The number of carbonyl (C=O) groups excluding carboxylic acids is 2. The van der Waals surface area contributed by atoms with Crippen molar-refractivity contribution in [2.45, 2.75) is 19.9 Å². The highest BCUT2D eigenvalue weighted by molar-refractivity contribution is 5.81. The van der Waals surface area contributed by atoms with Crippen LogP contribution in [0.15, 0.2) is 12.2 Å². The fourth-order valence-corrected chi connectivity index (χ4v) is 2.34. The summed E-state index contributed by atoms with van der Waals surface area (Å²) in [5.74, 6) is -0.325. The lowest BCUT2D eigenvalue weighted by molar-refractivity contribution is -0.145. The van der Waals surface area contributed by atoms with Crippen LogP contribution in [0.3, 0.4) is 0 Å². The Kier molecular flexibility index (Phi) is 3.36. The minimum atomic E-state index is -0.348. The molecule has 5 nitrogen and oxygen atoms in total. The third-order valence-electron chi connectivity index (χ3n) is 3.12. The third kappa shape index (κ3) is 2.14. The monoisotopic (exact) mass is 239 g/mol. The van der Waals surface area contributed by atoms with Crippen molar-refractivity contribution in [2.75, 3.05) is 19.8 Å². The minimum Gasteiger partial charge on any atom is -0.466 e. The Bertz CT molecular complexity index is 352. The first-order chi connectivity index (χ1) is 8.20. The van der Waals surface area contributed by atoms with E-state index in [2.05, 4.69) is 0 Å². The van der Waals surface area contributed by atoms with Gasteiger partial charge in [0.15, 0.2) is 0 Å². The Morgan fingerprint density at radius 1 is 1.29 bits per heavy atom. The molecule has 0 aromatic carbocycles. The highest BCUT2D eigenvalue weighted by Crippen LogP contribution is 2.47. The van der Waals surface area contributed by atoms with Gasteiger partial charge in [0.2, 0.25) is 0 Å². The number of ether oxygens (including phenoxy) is 2. The first kappa shape index (κ1) is 12.0. The van der Waals surface area contributed by atoms with Crippen LogP contribution in [0.2, 0.25) is 0 Å². The van der Waals surface area contributed by atoms with Gasteiger partial charge in [-0.25, -0.2) is 4.79 Å². The predicted molar refractivity (Wildman–Crippen MR) is 60.3 cm³/mol. The van der Waals surface area contributed by atoms with E-state index in [-0.39, 0.29) is 29.9 Å². The Morgan fingerprint density at radius 2 is 2.00 bits per heavy atom. The van der Waals surface area contributed by atoms with Gasteiger partial charge in [-0.05, 0) is 13.8 Å². The van der Waals surface area contributed by atoms with Crippen molar-refractivity contribution < 1.29 is 19.1 Å². The predicted octanol–water partition coefficient (Wildman–Crippen LogP) is 1.19. The van der Waals surface area contributed by atoms with Gasteiger partial charge in [0, 0.05) is 12.5 Å². The lowest BCUT2D eigenvalue weighted by atomic mass is 10.2. The summed E-state index contributed by atoms with van der Waals surface area (Å²) in [5.41, 5.74) is 0. The van der Waals surface area contributed by atoms with Crippen LogP contribution in [0.25, 0.3) is 0 Å². The van der Waals surface area contributed by atoms with Crippen molar-refractivity contribution in [3.05, 3.63) is 12.2 Å². The Morgan fingerprint density at radius 3 is 2.65 bits per heavy atom. The van der Waals surface area contributed by atoms with Crippen LogP contribution in [-0.4, -0.2) is 42.8 Å². The number of nitrogens with zero attached hydrogens (tertiary/aromatic N) is 1. The first-order valence-corrected chi connectivity index (χ1v) is 5.97. The summed E-state index contributed by atoms with van der Waals surface area (Å²) in [7, 11) is 0. The van der Waals surface area contributed by atoms with Gasteiger partial charge in [-0.15, -0.1) is 0 Å². The fourth-order valence-electron chi connectivity index (χ4n) is 2.34. The summed E-state index contributed by atoms with van der Waals surface area (Å²) < 4.78 is 9.96. The van der Waals surface area contributed by atoms with Crippen LogP contribution in [0.4, 0.5) is 4.79 Å². The highest BCUT2D eigenvalue weighted by Gasteiger charge is 2.60. The molecule has 2 rings (SSSR count). The smallest absolute Gasteiger partial charge is 0.410 e. The summed E-state index contributed by atoms with van der Waals surface area (Å²) >= 11 is 0. The van der Waals surface area contributed by atoms with Gasteiger partial charge in [0.25, 0.3) is 0 Å². The van der Waals surface area contributed by atoms with Gasteiger partial charge in [0.1, 0.15) is 0 Å². The first-order valence-electron chi connectivity index (χ1n) is 5.97. The normalized spacial score (nSPS) is 29.5. The van der Waals surface area contributed by atoms with E-state index in [1.54, 1.807) is 18.7 Å². The van der Waals surface area contributed by atoms with Crippen LogP contribution in [0, 0.1) is 11.8 Å². The summed E-state index contributed by atoms with van der Waals surface area (Å²) in [6.07, 6.45) is 3.54. The Labute approximate surface area is 100 Å². The van der Waals surface area contributed by atoms with E-state index < -0.39 is 0 Å². The molecular weight excluding hydrogens is 222 g/mol. The molecule has 5 heteroatoms. The molecule has 0 unspecified atom stereocenters. The molecule has 1 heterocycles. The lowest BCUT2D eigenvalue weighted by Gasteiger charge is -2.22. The van der Waals surface area contributed by atoms with Gasteiger partial charge in [-0.3, -0.25) is 4.79 Å². The van der Waals surface area contributed by atoms with Crippen molar-refractivity contribution in [3.63, 3.8) is 0 Å². The molecule has 0 radical (unpaired) electrons. The molecule has 3 atom stereocenters. The molecule has 1 fully saturated rings. The number of esters is 1. The zero-order valence-corrected chi connectivity index (χ0v) is 10.1. The molecule has 0 saturated heterocycles. The maximum atomic E-state index is 11.7. The maximum absolute atomic E-state index is 11.7. The number of rotatable bonds is 3. The minimum absolute atomic E-state index is 0.0712. The van der Waals surface area contributed by atoms with Crippen LogP contribution in [0.5, 0.6) is 0 Å². The number of carbonyl (C=O) groups is 2. The van der Waals surface area contributed by atoms with E-state index in [9.17, 15) is 9.59 Å². The van der Waals surface area contributed by atoms with Crippen LogP contribution in [-0.2, 0) is 14.3 Å². The number of hydrogen-bond donors (Lipinski definition) is 0. The van der Waals surface area contributed by atoms with Crippen molar-refractivity contribution in [1.82, 2.24) is 4.90 Å². The Balaban J connectivity index is 2.01. The third-order valence-corrected chi connectivity index (χ3v) is 3.12. The van der Waals surface area contributed by atoms with Crippen molar-refractivity contribution in [2.24, 2.45) is 11.8 Å². The van der Waals surface area contributed by atoms with E-state index in [0.717, 1.165) is 0 Å². The highest BCUT2D eigenvalue weighted by atomic mass is 16.6.